The van der Waals surface area contributed by atoms with Crippen molar-refractivity contribution in [2.24, 2.45) is 0 Å². The van der Waals surface area contributed by atoms with Gasteiger partial charge in [-0.2, -0.15) is 0 Å². The maximum Gasteiger partial charge on any atom is 0.323 e. The number of carbonyl (C=O) groups is 1. The van der Waals surface area contributed by atoms with Gasteiger partial charge in [0.05, 0.1) is 33.4 Å². The van der Waals surface area contributed by atoms with Crippen LogP contribution in [0.15, 0.2) is 72.9 Å². The Morgan fingerprint density at radius 1 is 0.879 bits per heavy atom. The number of fused-ring (bicyclic) bond motifs is 1. The summed E-state index contributed by atoms with van der Waals surface area (Å²) < 4.78 is 25.0. The highest BCUT2D eigenvalue weighted by Crippen LogP contribution is 2.34. The molecular weight excluding hydrogens is 483 g/mol. The minimum atomic E-state index is -3.44. The second-order valence-corrected chi connectivity index (χ2v) is 9.79. The van der Waals surface area contributed by atoms with Crippen molar-refractivity contribution < 1.29 is 13.2 Å². The normalized spacial score (nSPS) is 11.2. The highest BCUT2D eigenvalue weighted by Gasteiger charge is 2.13. The van der Waals surface area contributed by atoms with Gasteiger partial charge in [0.1, 0.15) is 0 Å². The molecule has 0 unspecified atom stereocenters. The quantitative estimate of drug-likeness (QED) is 0.302. The van der Waals surface area contributed by atoms with Gasteiger partial charge in [-0.05, 0) is 47.9 Å². The first-order chi connectivity index (χ1) is 15.7. The molecule has 33 heavy (non-hydrogen) atoms. The molecule has 0 saturated heterocycles. The number of sulfonamides is 1. The lowest BCUT2D eigenvalue weighted by Crippen LogP contribution is -2.19. The van der Waals surface area contributed by atoms with Crippen LogP contribution in [0, 0.1) is 0 Å². The van der Waals surface area contributed by atoms with Crippen molar-refractivity contribution in [1.29, 1.82) is 0 Å². The summed E-state index contributed by atoms with van der Waals surface area (Å²) in [5.74, 6) is 0. The standard InChI is InChI=1S/C23H18Cl2N4O3S/c1-33(31,32)29-16-7-9-21(20(25)13-16)28-23(30)27-15-6-8-19(24)18(12-15)22-17-5-3-2-4-14(17)10-11-26-22/h2-13,29H,1H3,(H2,27,28,30). The summed E-state index contributed by atoms with van der Waals surface area (Å²) in [7, 11) is -3.44. The first-order valence-corrected chi connectivity index (χ1v) is 12.3. The van der Waals surface area contributed by atoms with Crippen LogP contribution < -0.4 is 15.4 Å². The maximum absolute atomic E-state index is 12.6. The molecule has 0 spiro atoms. The summed E-state index contributed by atoms with van der Waals surface area (Å²) in [5.41, 5.74) is 2.50. The molecule has 1 aromatic heterocycles. The second-order valence-electron chi connectivity index (χ2n) is 7.22. The molecule has 4 aromatic rings. The van der Waals surface area contributed by atoms with E-state index in [4.69, 9.17) is 23.2 Å². The van der Waals surface area contributed by atoms with Crippen molar-refractivity contribution in [3.63, 3.8) is 0 Å². The number of hydrogen-bond donors (Lipinski definition) is 3. The highest BCUT2D eigenvalue weighted by molar-refractivity contribution is 7.92. The Bertz CT molecular complexity index is 1470. The molecule has 0 fully saturated rings. The molecule has 3 N–H and O–H groups in total. The van der Waals surface area contributed by atoms with Crippen molar-refractivity contribution in [2.45, 2.75) is 0 Å². The van der Waals surface area contributed by atoms with Crippen LogP contribution in [0.25, 0.3) is 22.0 Å². The topological polar surface area (TPSA) is 100 Å². The number of benzene rings is 3. The van der Waals surface area contributed by atoms with Gasteiger partial charge in [-0.1, -0.05) is 47.5 Å². The Labute approximate surface area is 200 Å². The number of pyridine rings is 1. The van der Waals surface area contributed by atoms with Crippen molar-refractivity contribution in [3.05, 3.63) is 83.0 Å². The number of carbonyl (C=O) groups excluding carboxylic acids is 1. The van der Waals surface area contributed by atoms with Gasteiger partial charge in [0.2, 0.25) is 10.0 Å². The first kappa shape index (κ1) is 22.8. The number of halogens is 2. The summed E-state index contributed by atoms with van der Waals surface area (Å²) in [6.45, 7) is 0. The average Bonchev–Trinajstić information content (AvgIpc) is 2.75. The average molecular weight is 501 g/mol. The van der Waals surface area contributed by atoms with Crippen LogP contribution in [0.2, 0.25) is 10.0 Å². The molecule has 4 rings (SSSR count). The second kappa shape index (κ2) is 9.27. The third-order valence-corrected chi connectivity index (χ3v) is 5.92. The Kier molecular flexibility index (Phi) is 6.42. The largest absolute Gasteiger partial charge is 0.323 e. The molecule has 0 saturated carbocycles. The van der Waals surface area contributed by atoms with Crippen molar-refractivity contribution >= 4 is 67.1 Å². The van der Waals surface area contributed by atoms with E-state index in [-0.39, 0.29) is 5.02 Å². The maximum atomic E-state index is 12.6. The number of amides is 2. The molecule has 0 aliphatic carbocycles. The van der Waals surface area contributed by atoms with Crippen LogP contribution in [0.1, 0.15) is 0 Å². The lowest BCUT2D eigenvalue weighted by Gasteiger charge is -2.13. The van der Waals surface area contributed by atoms with Crippen LogP contribution in [0.3, 0.4) is 0 Å². The van der Waals surface area contributed by atoms with Crippen molar-refractivity contribution in [2.75, 3.05) is 21.6 Å². The Morgan fingerprint density at radius 3 is 2.39 bits per heavy atom. The van der Waals surface area contributed by atoms with Gasteiger partial charge >= 0.3 is 6.03 Å². The molecule has 0 radical (unpaired) electrons. The highest BCUT2D eigenvalue weighted by atomic mass is 35.5. The number of nitrogens with zero attached hydrogens (tertiary/aromatic N) is 1. The Morgan fingerprint density at radius 2 is 1.64 bits per heavy atom. The fraction of sp³-hybridized carbons (Fsp3) is 0.0435. The van der Waals surface area contributed by atoms with Gasteiger partial charge in [0.25, 0.3) is 0 Å². The molecule has 2 amide bonds. The van der Waals surface area contributed by atoms with E-state index in [2.05, 4.69) is 20.3 Å². The molecule has 0 aliphatic rings. The van der Waals surface area contributed by atoms with Gasteiger partial charge in [-0.3, -0.25) is 9.71 Å². The van der Waals surface area contributed by atoms with Crippen LogP contribution in [-0.4, -0.2) is 25.7 Å². The zero-order chi connectivity index (χ0) is 23.6. The number of anilines is 3. The van der Waals surface area contributed by atoms with E-state index in [0.717, 1.165) is 17.0 Å². The Hall–Kier alpha value is -3.33. The predicted molar refractivity (Wildman–Crippen MR) is 135 cm³/mol. The van der Waals surface area contributed by atoms with E-state index in [9.17, 15) is 13.2 Å². The smallest absolute Gasteiger partial charge is 0.308 e. The molecule has 3 aromatic carbocycles. The van der Waals surface area contributed by atoms with Gasteiger partial charge in [-0.25, -0.2) is 13.2 Å². The van der Waals surface area contributed by atoms with E-state index in [1.54, 1.807) is 24.4 Å². The lowest BCUT2D eigenvalue weighted by atomic mass is 10.0. The minimum Gasteiger partial charge on any atom is -0.308 e. The number of hydrogen-bond acceptors (Lipinski definition) is 4. The fourth-order valence-corrected chi connectivity index (χ4v) is 4.29. The summed E-state index contributed by atoms with van der Waals surface area (Å²) in [4.78, 5) is 17.0. The molecule has 0 atom stereocenters. The molecule has 0 aliphatic heterocycles. The van der Waals surface area contributed by atoms with Crippen molar-refractivity contribution in [3.8, 4) is 11.3 Å². The summed E-state index contributed by atoms with van der Waals surface area (Å²) in [6.07, 6.45) is 2.75. The van der Waals surface area contributed by atoms with E-state index in [0.29, 0.717) is 33.3 Å². The summed E-state index contributed by atoms with van der Waals surface area (Å²) >= 11 is 12.6. The molecule has 1 heterocycles. The van der Waals surface area contributed by atoms with Gasteiger partial charge in [0, 0.05) is 22.8 Å². The van der Waals surface area contributed by atoms with Gasteiger partial charge < -0.3 is 10.6 Å². The van der Waals surface area contributed by atoms with Crippen LogP contribution in [-0.2, 0) is 10.0 Å². The lowest BCUT2D eigenvalue weighted by molar-refractivity contribution is 0.262. The van der Waals surface area contributed by atoms with Gasteiger partial charge in [-0.15, -0.1) is 0 Å². The van der Waals surface area contributed by atoms with Crippen molar-refractivity contribution in [1.82, 2.24) is 4.98 Å². The number of nitrogens with one attached hydrogen (secondary N) is 3. The third kappa shape index (κ3) is 5.54. The summed E-state index contributed by atoms with van der Waals surface area (Å²) in [5, 5.41) is 8.04. The number of aromatic nitrogens is 1. The SMILES string of the molecule is CS(=O)(=O)Nc1ccc(NC(=O)Nc2ccc(Cl)c(-c3nccc4ccccc34)c2)c(Cl)c1. The molecule has 168 valence electrons. The molecule has 10 heteroatoms. The predicted octanol–water partition coefficient (Wildman–Crippen LogP) is 6.22. The number of urea groups is 1. The van der Waals surface area contributed by atoms with Crippen LogP contribution in [0.5, 0.6) is 0 Å². The van der Waals surface area contributed by atoms with Gasteiger partial charge in [0.15, 0.2) is 0 Å². The summed E-state index contributed by atoms with van der Waals surface area (Å²) in [6, 6.07) is 18.7. The molecule has 0 bridgehead atoms. The van der Waals surface area contributed by atoms with E-state index >= 15 is 0 Å². The minimum absolute atomic E-state index is 0.176. The zero-order valence-electron chi connectivity index (χ0n) is 17.3. The molecule has 7 nitrogen and oxygen atoms in total. The number of rotatable bonds is 5. The first-order valence-electron chi connectivity index (χ1n) is 9.69. The zero-order valence-corrected chi connectivity index (χ0v) is 19.6. The Balaban J connectivity index is 1.55. The third-order valence-electron chi connectivity index (χ3n) is 4.67. The molecular formula is C23H18Cl2N4O3S. The van der Waals surface area contributed by atoms with E-state index in [1.807, 2.05) is 30.3 Å². The fourth-order valence-electron chi connectivity index (χ4n) is 3.30. The monoisotopic (exact) mass is 500 g/mol. The van der Waals surface area contributed by atoms with E-state index < -0.39 is 16.1 Å². The van der Waals surface area contributed by atoms with Crippen LogP contribution in [0.4, 0.5) is 21.9 Å². The van der Waals surface area contributed by atoms with E-state index in [1.165, 1.54) is 18.2 Å². The van der Waals surface area contributed by atoms with Crippen LogP contribution >= 0.6 is 23.2 Å².